The number of halogens is 1. The summed E-state index contributed by atoms with van der Waals surface area (Å²) in [6.45, 7) is 2.63. The van der Waals surface area contributed by atoms with Crippen molar-refractivity contribution >= 4 is 27.5 Å². The van der Waals surface area contributed by atoms with E-state index in [-0.39, 0.29) is 5.91 Å². The number of hydrogen-bond acceptors (Lipinski definition) is 5. The van der Waals surface area contributed by atoms with Crippen molar-refractivity contribution in [3.05, 3.63) is 46.4 Å². The number of nitriles is 1. The molecular formula is C18H15BrN2O4. The number of carbonyl (C=O) groups is 1. The molecule has 0 spiro atoms. The van der Waals surface area contributed by atoms with Gasteiger partial charge in [-0.05, 0) is 47.1 Å². The van der Waals surface area contributed by atoms with E-state index in [1.165, 1.54) is 0 Å². The molecule has 6 nitrogen and oxygen atoms in total. The van der Waals surface area contributed by atoms with Crippen LogP contribution in [0.15, 0.2) is 40.9 Å². The maximum absolute atomic E-state index is 12.4. The first-order chi connectivity index (χ1) is 12.1. The summed E-state index contributed by atoms with van der Waals surface area (Å²) < 4.78 is 17.3. The molecule has 0 saturated heterocycles. The third-order valence-electron chi connectivity index (χ3n) is 3.56. The largest absolute Gasteiger partial charge is 0.486 e. The van der Waals surface area contributed by atoms with Crippen LogP contribution in [0.4, 0.5) is 5.69 Å². The number of nitrogens with one attached hydrogen (secondary N) is 1. The Hall–Kier alpha value is -2.72. The molecule has 1 N–H and O–H groups in total. The molecule has 1 amide bonds. The minimum atomic E-state index is -0.715. The normalized spacial score (nSPS) is 13.5. The second-order valence-corrected chi connectivity index (χ2v) is 6.22. The Morgan fingerprint density at radius 2 is 1.88 bits per heavy atom. The third-order valence-corrected chi connectivity index (χ3v) is 4.21. The second-order valence-electron chi connectivity index (χ2n) is 5.36. The highest BCUT2D eigenvalue weighted by atomic mass is 79.9. The lowest BCUT2D eigenvalue weighted by atomic mass is 10.2. The van der Waals surface area contributed by atoms with E-state index in [9.17, 15) is 4.79 Å². The smallest absolute Gasteiger partial charge is 0.265 e. The van der Waals surface area contributed by atoms with Crippen LogP contribution in [0, 0.1) is 11.3 Å². The van der Waals surface area contributed by atoms with Crippen LogP contribution in [0.25, 0.3) is 0 Å². The van der Waals surface area contributed by atoms with Crippen molar-refractivity contribution in [3.8, 4) is 23.3 Å². The topological polar surface area (TPSA) is 80.6 Å². The van der Waals surface area contributed by atoms with Crippen LogP contribution in [-0.2, 0) is 4.79 Å². The van der Waals surface area contributed by atoms with Crippen LogP contribution in [0.3, 0.4) is 0 Å². The van der Waals surface area contributed by atoms with E-state index in [1.54, 1.807) is 43.3 Å². The zero-order chi connectivity index (χ0) is 17.8. The highest BCUT2D eigenvalue weighted by molar-refractivity contribution is 9.10. The van der Waals surface area contributed by atoms with Crippen molar-refractivity contribution in [2.75, 3.05) is 18.5 Å². The Morgan fingerprint density at radius 1 is 1.24 bits per heavy atom. The highest BCUT2D eigenvalue weighted by Gasteiger charge is 2.19. The van der Waals surface area contributed by atoms with Crippen LogP contribution < -0.4 is 19.5 Å². The van der Waals surface area contributed by atoms with Gasteiger partial charge >= 0.3 is 0 Å². The molecule has 0 aromatic heterocycles. The summed E-state index contributed by atoms with van der Waals surface area (Å²) in [6.07, 6.45) is -0.715. The minimum Gasteiger partial charge on any atom is -0.486 e. The molecule has 0 aliphatic carbocycles. The van der Waals surface area contributed by atoms with E-state index in [4.69, 9.17) is 19.5 Å². The highest BCUT2D eigenvalue weighted by Crippen LogP contribution is 2.38. The zero-order valence-electron chi connectivity index (χ0n) is 13.4. The van der Waals surface area contributed by atoms with E-state index in [0.717, 1.165) is 0 Å². The molecule has 2 aromatic rings. The first kappa shape index (κ1) is 17.1. The van der Waals surface area contributed by atoms with Crippen LogP contribution in [0.2, 0.25) is 0 Å². The summed E-state index contributed by atoms with van der Waals surface area (Å²) >= 11 is 3.41. The summed E-state index contributed by atoms with van der Waals surface area (Å²) in [5.41, 5.74) is 1.11. The van der Waals surface area contributed by atoms with Crippen LogP contribution >= 0.6 is 15.9 Å². The van der Waals surface area contributed by atoms with Gasteiger partial charge in [0.2, 0.25) is 0 Å². The zero-order valence-corrected chi connectivity index (χ0v) is 15.0. The van der Waals surface area contributed by atoms with Gasteiger partial charge in [-0.1, -0.05) is 0 Å². The summed E-state index contributed by atoms with van der Waals surface area (Å²) in [7, 11) is 0. The van der Waals surface area contributed by atoms with E-state index in [2.05, 4.69) is 21.2 Å². The number of amides is 1. The second kappa shape index (κ2) is 7.45. The van der Waals surface area contributed by atoms with Crippen molar-refractivity contribution in [2.24, 2.45) is 0 Å². The predicted molar refractivity (Wildman–Crippen MR) is 95.0 cm³/mol. The van der Waals surface area contributed by atoms with Gasteiger partial charge < -0.3 is 19.5 Å². The number of rotatable bonds is 4. The molecule has 0 saturated carbocycles. The number of ether oxygens (including phenoxy) is 3. The molecule has 128 valence electrons. The SMILES string of the molecule is C[C@H](Oc1ccc(C#N)cc1)C(=O)Nc1cc2c(cc1Br)OCCO2. The van der Waals surface area contributed by atoms with Gasteiger partial charge in [-0.2, -0.15) is 5.26 Å². The Balaban J connectivity index is 1.67. The van der Waals surface area contributed by atoms with E-state index in [1.807, 2.05) is 6.07 Å². The van der Waals surface area contributed by atoms with Crippen LogP contribution in [0.5, 0.6) is 17.2 Å². The Kier molecular flexibility index (Phi) is 5.10. The summed E-state index contributed by atoms with van der Waals surface area (Å²) in [6, 6.07) is 12.1. The molecule has 1 heterocycles. The number of carbonyl (C=O) groups excluding carboxylic acids is 1. The quantitative estimate of drug-likeness (QED) is 0.846. The van der Waals surface area contributed by atoms with Gasteiger partial charge in [-0.3, -0.25) is 4.79 Å². The van der Waals surface area contributed by atoms with Gasteiger partial charge in [0.25, 0.3) is 5.91 Å². The lowest BCUT2D eigenvalue weighted by Gasteiger charge is -2.21. The molecule has 0 bridgehead atoms. The van der Waals surface area contributed by atoms with Crippen molar-refractivity contribution in [1.82, 2.24) is 0 Å². The molecule has 2 aromatic carbocycles. The van der Waals surface area contributed by atoms with Crippen molar-refractivity contribution in [2.45, 2.75) is 13.0 Å². The number of hydrogen-bond donors (Lipinski definition) is 1. The molecule has 1 aliphatic heterocycles. The summed E-state index contributed by atoms with van der Waals surface area (Å²) in [5, 5.41) is 11.6. The lowest BCUT2D eigenvalue weighted by molar-refractivity contribution is -0.122. The third kappa shape index (κ3) is 4.03. The molecule has 0 radical (unpaired) electrons. The van der Waals surface area contributed by atoms with Gasteiger partial charge in [0.15, 0.2) is 17.6 Å². The van der Waals surface area contributed by atoms with Gasteiger partial charge in [0, 0.05) is 16.6 Å². The Labute approximate surface area is 153 Å². The molecule has 7 heteroatoms. The minimum absolute atomic E-state index is 0.304. The monoisotopic (exact) mass is 402 g/mol. The lowest BCUT2D eigenvalue weighted by Crippen LogP contribution is -2.30. The molecule has 0 unspecified atom stereocenters. The predicted octanol–water partition coefficient (Wildman–Crippen LogP) is 3.50. The van der Waals surface area contributed by atoms with Gasteiger partial charge in [0.1, 0.15) is 19.0 Å². The fourth-order valence-corrected chi connectivity index (χ4v) is 2.68. The fraction of sp³-hybridized carbons (Fsp3) is 0.222. The van der Waals surface area contributed by atoms with Crippen molar-refractivity contribution in [1.29, 1.82) is 5.26 Å². The van der Waals surface area contributed by atoms with E-state index < -0.39 is 6.10 Å². The summed E-state index contributed by atoms with van der Waals surface area (Å²) in [5.74, 6) is 1.44. The number of benzene rings is 2. The molecular weight excluding hydrogens is 388 g/mol. The van der Waals surface area contributed by atoms with E-state index in [0.29, 0.717) is 46.2 Å². The van der Waals surface area contributed by atoms with Gasteiger partial charge in [0.05, 0.1) is 17.3 Å². The molecule has 0 fully saturated rings. The fourth-order valence-electron chi connectivity index (χ4n) is 2.26. The molecule has 1 aliphatic rings. The standard InChI is InChI=1S/C18H15BrN2O4/c1-11(25-13-4-2-12(10-20)3-5-13)18(22)21-15-9-17-16(8-14(15)19)23-6-7-24-17/h2-5,8-9,11H,6-7H2,1H3,(H,21,22)/t11-/m0/s1. The van der Waals surface area contributed by atoms with Gasteiger partial charge in [-0.25, -0.2) is 0 Å². The average molecular weight is 403 g/mol. The first-order valence-electron chi connectivity index (χ1n) is 7.63. The maximum Gasteiger partial charge on any atom is 0.265 e. The van der Waals surface area contributed by atoms with Crippen LogP contribution in [0.1, 0.15) is 12.5 Å². The number of anilines is 1. The Morgan fingerprint density at radius 3 is 2.52 bits per heavy atom. The van der Waals surface area contributed by atoms with Crippen molar-refractivity contribution in [3.63, 3.8) is 0 Å². The molecule has 1 atom stereocenters. The average Bonchev–Trinajstić information content (AvgIpc) is 2.63. The van der Waals surface area contributed by atoms with Crippen molar-refractivity contribution < 1.29 is 19.0 Å². The molecule has 3 rings (SSSR count). The number of fused-ring (bicyclic) bond motifs is 1. The van der Waals surface area contributed by atoms with E-state index >= 15 is 0 Å². The first-order valence-corrected chi connectivity index (χ1v) is 8.43. The maximum atomic E-state index is 12.4. The number of nitrogens with zero attached hydrogens (tertiary/aromatic N) is 1. The Bertz CT molecular complexity index is 830. The van der Waals surface area contributed by atoms with Gasteiger partial charge in [-0.15, -0.1) is 0 Å². The summed E-state index contributed by atoms with van der Waals surface area (Å²) in [4.78, 5) is 12.4. The van der Waals surface area contributed by atoms with Crippen LogP contribution in [-0.4, -0.2) is 25.2 Å². The molecule has 25 heavy (non-hydrogen) atoms.